The first kappa shape index (κ1) is 25.1. The summed E-state index contributed by atoms with van der Waals surface area (Å²) in [5.74, 6) is 0.361. The number of carbonyl (C=O) groups is 2. The number of carboxylic acid groups (broad SMARTS) is 1. The van der Waals surface area contributed by atoms with Crippen molar-refractivity contribution in [1.82, 2.24) is 5.32 Å². The van der Waals surface area contributed by atoms with Crippen molar-refractivity contribution in [3.63, 3.8) is 0 Å². The Morgan fingerprint density at radius 3 is 2.29 bits per heavy atom. The van der Waals surface area contributed by atoms with Gasteiger partial charge < -0.3 is 29.8 Å². The lowest BCUT2D eigenvalue weighted by atomic mass is 9.91. The second kappa shape index (κ2) is 10.4. The molecule has 2 amide bonds. The smallest absolute Gasteiger partial charge is 0.291 e. The zero-order valence-electron chi connectivity index (χ0n) is 18.9. The zero-order chi connectivity index (χ0) is 23.3. The molecule has 174 valence electrons. The number of benzene rings is 1. The summed E-state index contributed by atoms with van der Waals surface area (Å²) in [5.41, 5.74) is 2.06. The summed E-state index contributed by atoms with van der Waals surface area (Å²) in [5, 5.41) is 34.8. The molecule has 3 atom stereocenters. The number of methoxy groups -OCH3 is 1. The number of aliphatic hydroxyl groups is 1. The Kier molecular flexibility index (Phi) is 8.41. The standard InChI is InChI=1S/C22H34N2O7/c1-13(2)16-9-15(10-17(14(3)4)20(16)31-12-30-5)21(26)23-18-11-24(29,22(27)28)8-6-7-19(18)25/h9-10,13-14,18-19,25,29H,6-8,11-12H2,1-5H3,(H-,23,26,27,28)/t18-,19-,24?/m1/s1. The summed E-state index contributed by atoms with van der Waals surface area (Å²) in [6, 6.07) is 2.53. The normalized spacial score (nSPS) is 24.2. The van der Waals surface area contributed by atoms with E-state index >= 15 is 0 Å². The SMILES string of the molecule is COCOc1c(C(C)C)cc(C(=O)N[C@@H]2C[N+](O)(C(=O)[O-])CCC[C@H]2O)cc1C(C)C. The maximum atomic E-state index is 13.1. The Hall–Kier alpha value is -2.20. The number of aliphatic hydroxyl groups excluding tert-OH is 1. The molecule has 3 N–H and O–H groups in total. The van der Waals surface area contributed by atoms with Crippen molar-refractivity contribution < 1.29 is 39.1 Å². The van der Waals surface area contributed by atoms with E-state index in [1.54, 1.807) is 12.1 Å². The lowest BCUT2D eigenvalue weighted by Crippen LogP contribution is -2.62. The van der Waals surface area contributed by atoms with Gasteiger partial charge in [-0.1, -0.05) is 27.7 Å². The van der Waals surface area contributed by atoms with E-state index in [0.717, 1.165) is 11.1 Å². The summed E-state index contributed by atoms with van der Waals surface area (Å²) >= 11 is 0. The van der Waals surface area contributed by atoms with Crippen LogP contribution >= 0.6 is 0 Å². The summed E-state index contributed by atoms with van der Waals surface area (Å²) in [6.07, 6.45) is -2.08. The Balaban J connectivity index is 2.38. The average Bonchev–Trinajstić information content (AvgIpc) is 2.84. The van der Waals surface area contributed by atoms with Crippen LogP contribution in [-0.4, -0.2) is 66.1 Å². The molecule has 1 unspecified atom stereocenters. The molecule has 1 saturated heterocycles. The highest BCUT2D eigenvalue weighted by atomic mass is 16.7. The van der Waals surface area contributed by atoms with E-state index < -0.39 is 28.8 Å². The third kappa shape index (κ3) is 5.94. The number of rotatable bonds is 7. The van der Waals surface area contributed by atoms with E-state index in [1.165, 1.54) is 7.11 Å². The third-order valence-corrected chi connectivity index (χ3v) is 5.62. The molecule has 0 spiro atoms. The van der Waals surface area contributed by atoms with Gasteiger partial charge in [0.2, 0.25) is 0 Å². The van der Waals surface area contributed by atoms with Crippen LogP contribution in [0.4, 0.5) is 4.79 Å². The van der Waals surface area contributed by atoms with Crippen molar-refractivity contribution in [1.29, 1.82) is 0 Å². The van der Waals surface area contributed by atoms with Crippen molar-refractivity contribution in [2.45, 2.75) is 64.5 Å². The lowest BCUT2D eigenvalue weighted by molar-refractivity contribution is -1.05. The van der Waals surface area contributed by atoms with Crippen LogP contribution < -0.4 is 15.2 Å². The van der Waals surface area contributed by atoms with Gasteiger partial charge in [-0.3, -0.25) is 4.79 Å². The van der Waals surface area contributed by atoms with Gasteiger partial charge in [0.25, 0.3) is 12.0 Å². The van der Waals surface area contributed by atoms with Crippen LogP contribution in [0.3, 0.4) is 0 Å². The Morgan fingerprint density at radius 1 is 1.23 bits per heavy atom. The number of ether oxygens (including phenoxy) is 2. The number of quaternary nitrogens is 1. The third-order valence-electron chi connectivity index (χ3n) is 5.62. The van der Waals surface area contributed by atoms with Gasteiger partial charge in [0.1, 0.15) is 24.9 Å². The second-order valence-corrected chi connectivity index (χ2v) is 8.73. The van der Waals surface area contributed by atoms with Gasteiger partial charge in [-0.25, -0.2) is 5.21 Å². The first-order valence-electron chi connectivity index (χ1n) is 10.6. The van der Waals surface area contributed by atoms with Crippen LogP contribution in [0, 0.1) is 0 Å². The van der Waals surface area contributed by atoms with Crippen molar-refractivity contribution >= 4 is 12.0 Å². The van der Waals surface area contributed by atoms with Crippen LogP contribution in [-0.2, 0) is 4.74 Å². The molecule has 9 heteroatoms. The first-order chi connectivity index (χ1) is 14.5. The van der Waals surface area contributed by atoms with E-state index in [9.17, 15) is 25.0 Å². The minimum atomic E-state index is -1.66. The molecule has 31 heavy (non-hydrogen) atoms. The molecule has 9 nitrogen and oxygen atoms in total. The largest absolute Gasteiger partial charge is 0.496 e. The molecule has 1 fully saturated rings. The number of amides is 2. The highest BCUT2D eigenvalue weighted by Crippen LogP contribution is 2.36. The second-order valence-electron chi connectivity index (χ2n) is 8.73. The molecular weight excluding hydrogens is 404 g/mol. The number of nitrogens with zero attached hydrogens (tertiary/aromatic N) is 1. The van der Waals surface area contributed by atoms with Crippen molar-refractivity contribution in [2.24, 2.45) is 0 Å². The molecule has 0 radical (unpaired) electrons. The molecule has 1 heterocycles. The fourth-order valence-electron chi connectivity index (χ4n) is 3.81. The summed E-state index contributed by atoms with van der Waals surface area (Å²) in [7, 11) is 1.54. The Labute approximate surface area is 183 Å². The summed E-state index contributed by atoms with van der Waals surface area (Å²) < 4.78 is 9.51. The van der Waals surface area contributed by atoms with Gasteiger partial charge in [0.15, 0.2) is 6.79 Å². The maximum Gasteiger partial charge on any atom is 0.291 e. The van der Waals surface area contributed by atoms with Crippen LogP contribution in [0.2, 0.25) is 0 Å². The zero-order valence-corrected chi connectivity index (χ0v) is 18.9. The molecule has 0 bridgehead atoms. The topological polar surface area (TPSA) is 128 Å². The van der Waals surface area contributed by atoms with E-state index in [-0.39, 0.29) is 38.1 Å². The predicted molar refractivity (Wildman–Crippen MR) is 111 cm³/mol. The maximum absolute atomic E-state index is 13.1. The highest BCUT2D eigenvalue weighted by molar-refractivity contribution is 5.95. The van der Waals surface area contributed by atoms with E-state index in [2.05, 4.69) is 5.32 Å². The quantitative estimate of drug-likeness (QED) is 0.336. The van der Waals surface area contributed by atoms with Gasteiger partial charge in [-0.2, -0.15) is 0 Å². The van der Waals surface area contributed by atoms with Crippen molar-refractivity contribution in [3.05, 3.63) is 28.8 Å². The van der Waals surface area contributed by atoms with E-state index in [4.69, 9.17) is 9.47 Å². The Morgan fingerprint density at radius 2 is 1.81 bits per heavy atom. The van der Waals surface area contributed by atoms with E-state index in [1.807, 2.05) is 27.7 Å². The van der Waals surface area contributed by atoms with Gasteiger partial charge in [-0.05, 0) is 41.5 Å². The number of hydroxylamine groups is 3. The van der Waals surface area contributed by atoms with Crippen LogP contribution in [0.25, 0.3) is 0 Å². The van der Waals surface area contributed by atoms with Crippen LogP contribution in [0.5, 0.6) is 5.75 Å². The summed E-state index contributed by atoms with van der Waals surface area (Å²) in [6.45, 7) is 7.59. The number of likely N-dealkylation sites (tertiary alicyclic amines) is 1. The fourth-order valence-corrected chi connectivity index (χ4v) is 3.81. The van der Waals surface area contributed by atoms with Gasteiger partial charge in [0, 0.05) is 19.1 Å². The number of carbonyl (C=O) groups excluding carboxylic acids is 2. The minimum Gasteiger partial charge on any atom is -0.496 e. The fraction of sp³-hybridized carbons (Fsp3) is 0.636. The Bertz CT molecular complexity index is 767. The average molecular weight is 439 g/mol. The van der Waals surface area contributed by atoms with Gasteiger partial charge in [-0.15, -0.1) is 4.65 Å². The van der Waals surface area contributed by atoms with Crippen molar-refractivity contribution in [3.8, 4) is 5.75 Å². The highest BCUT2D eigenvalue weighted by Gasteiger charge is 2.39. The molecule has 1 aromatic carbocycles. The van der Waals surface area contributed by atoms with Gasteiger partial charge in [0.05, 0.1) is 6.10 Å². The number of hydrogen-bond donors (Lipinski definition) is 3. The van der Waals surface area contributed by atoms with E-state index in [0.29, 0.717) is 17.7 Å². The molecule has 1 aliphatic heterocycles. The number of nitrogens with one attached hydrogen (secondary N) is 1. The van der Waals surface area contributed by atoms with Crippen LogP contribution in [0.15, 0.2) is 12.1 Å². The molecule has 1 aromatic rings. The molecule has 2 rings (SSSR count). The van der Waals surface area contributed by atoms with Crippen LogP contribution in [0.1, 0.15) is 73.9 Å². The molecular formula is C22H34N2O7. The molecule has 1 aliphatic rings. The molecule has 0 aromatic heterocycles. The monoisotopic (exact) mass is 438 g/mol. The minimum absolute atomic E-state index is 0.0698. The lowest BCUT2D eigenvalue weighted by Gasteiger charge is -2.31. The molecule has 0 aliphatic carbocycles. The molecule has 0 saturated carbocycles. The number of hydrogen-bond acceptors (Lipinski definition) is 7. The summed E-state index contributed by atoms with van der Waals surface area (Å²) in [4.78, 5) is 24.5. The first-order valence-corrected chi connectivity index (χ1v) is 10.6. The van der Waals surface area contributed by atoms with Crippen molar-refractivity contribution in [2.75, 3.05) is 27.0 Å². The predicted octanol–water partition coefficient (Wildman–Crippen LogP) is 1.72. The van der Waals surface area contributed by atoms with Gasteiger partial charge >= 0.3 is 0 Å².